The third kappa shape index (κ3) is 3.44. The Morgan fingerprint density at radius 1 is 0.909 bits per heavy atom. The van der Waals surface area contributed by atoms with Crippen molar-refractivity contribution in [1.29, 1.82) is 0 Å². The summed E-state index contributed by atoms with van der Waals surface area (Å²) in [6, 6.07) is 11.6. The number of anilines is 1. The highest BCUT2D eigenvalue weighted by atomic mass is 16.4. The third-order valence-electron chi connectivity index (χ3n) is 3.40. The molecule has 0 unspecified atom stereocenters. The first-order valence-electron chi connectivity index (χ1n) is 6.74. The van der Waals surface area contributed by atoms with Crippen molar-refractivity contribution < 1.29 is 19.8 Å². The number of hydrogen-bond donors (Lipinski definition) is 2. The van der Waals surface area contributed by atoms with Crippen LogP contribution in [0.2, 0.25) is 0 Å². The molecular weight excluding hydrogens is 282 g/mol. The molecule has 0 amide bonds. The minimum atomic E-state index is -0.965. The molecule has 0 fully saturated rings. The fourth-order valence-electron chi connectivity index (χ4n) is 2.28. The summed E-state index contributed by atoms with van der Waals surface area (Å²) in [7, 11) is 3.79. The number of hydrogen-bond acceptors (Lipinski definition) is 3. The molecule has 2 rings (SSSR count). The van der Waals surface area contributed by atoms with Gasteiger partial charge in [-0.05, 0) is 47.9 Å². The predicted molar refractivity (Wildman–Crippen MR) is 83.9 cm³/mol. The molecule has 0 heterocycles. The van der Waals surface area contributed by atoms with E-state index in [1.165, 1.54) is 0 Å². The van der Waals surface area contributed by atoms with E-state index in [-0.39, 0.29) is 11.1 Å². The first-order chi connectivity index (χ1) is 10.4. The lowest BCUT2D eigenvalue weighted by Gasteiger charge is -2.18. The van der Waals surface area contributed by atoms with Gasteiger partial charge < -0.3 is 15.1 Å². The van der Waals surface area contributed by atoms with E-state index >= 15 is 0 Å². The van der Waals surface area contributed by atoms with E-state index in [0.717, 1.165) is 16.8 Å². The molecule has 0 saturated heterocycles. The van der Waals surface area contributed by atoms with Crippen LogP contribution in [0.25, 0.3) is 0 Å². The first kappa shape index (κ1) is 15.6. The van der Waals surface area contributed by atoms with E-state index in [1.54, 1.807) is 42.5 Å². The number of carboxylic acid groups (broad SMARTS) is 2. The molecule has 0 aliphatic heterocycles. The van der Waals surface area contributed by atoms with Gasteiger partial charge in [0.25, 0.3) is 0 Å². The molecule has 0 saturated carbocycles. The Balaban J connectivity index is 2.36. The zero-order valence-electron chi connectivity index (χ0n) is 12.4. The lowest BCUT2D eigenvalue weighted by molar-refractivity contribution is 0.0686. The number of benzene rings is 2. The maximum atomic E-state index is 11.1. The molecule has 5 heteroatoms. The molecule has 2 N–H and O–H groups in total. The minimum absolute atomic E-state index is 0.232. The minimum Gasteiger partial charge on any atom is -0.478 e. The summed E-state index contributed by atoms with van der Waals surface area (Å²) >= 11 is 0. The van der Waals surface area contributed by atoms with Crippen molar-refractivity contribution in [2.45, 2.75) is 6.42 Å². The molecule has 2 aromatic carbocycles. The summed E-state index contributed by atoms with van der Waals surface area (Å²) in [5, 5.41) is 18.0. The van der Waals surface area contributed by atoms with E-state index in [4.69, 9.17) is 10.2 Å². The van der Waals surface area contributed by atoms with E-state index in [9.17, 15) is 9.59 Å². The van der Waals surface area contributed by atoms with Gasteiger partial charge in [0.05, 0.1) is 11.1 Å². The van der Waals surface area contributed by atoms with E-state index in [1.807, 2.05) is 19.0 Å². The van der Waals surface area contributed by atoms with Gasteiger partial charge >= 0.3 is 11.9 Å². The van der Waals surface area contributed by atoms with Crippen molar-refractivity contribution in [3.63, 3.8) is 0 Å². The van der Waals surface area contributed by atoms with Crippen LogP contribution in [0.4, 0.5) is 5.69 Å². The zero-order chi connectivity index (χ0) is 16.3. The number of rotatable bonds is 5. The van der Waals surface area contributed by atoms with Crippen molar-refractivity contribution in [2.75, 3.05) is 19.0 Å². The first-order valence-corrected chi connectivity index (χ1v) is 6.74. The fraction of sp³-hybridized carbons (Fsp3) is 0.176. The summed E-state index contributed by atoms with van der Waals surface area (Å²) in [6.07, 6.45) is 0.536. The smallest absolute Gasteiger partial charge is 0.335 e. The van der Waals surface area contributed by atoms with Crippen LogP contribution in [0.15, 0.2) is 42.5 Å². The average Bonchev–Trinajstić information content (AvgIpc) is 2.47. The Bertz CT molecular complexity index is 705. The van der Waals surface area contributed by atoms with Crippen molar-refractivity contribution >= 4 is 17.6 Å². The number of carboxylic acids is 2. The Morgan fingerprint density at radius 3 is 1.95 bits per heavy atom. The standard InChI is InChI=1S/C17H17NO4/c1-18(2)15-8-7-13(17(21)22)10-14(15)9-11-3-5-12(6-4-11)16(19)20/h3-8,10H,9H2,1-2H3,(H,19,20)(H,21,22). The molecular formula is C17H17NO4. The molecule has 2 aromatic rings. The van der Waals surface area contributed by atoms with Gasteiger partial charge in [-0.1, -0.05) is 12.1 Å². The van der Waals surface area contributed by atoms with Gasteiger partial charge in [0.1, 0.15) is 0 Å². The Kier molecular flexibility index (Phi) is 4.46. The molecule has 5 nitrogen and oxygen atoms in total. The summed E-state index contributed by atoms with van der Waals surface area (Å²) in [5.41, 5.74) is 3.22. The number of aromatic carboxylic acids is 2. The highest BCUT2D eigenvalue weighted by Gasteiger charge is 2.11. The van der Waals surface area contributed by atoms with Gasteiger partial charge in [-0.25, -0.2) is 9.59 Å². The van der Waals surface area contributed by atoms with Crippen LogP contribution < -0.4 is 4.90 Å². The predicted octanol–water partition coefficient (Wildman–Crippen LogP) is 2.74. The lowest BCUT2D eigenvalue weighted by atomic mass is 9.99. The molecule has 0 atom stereocenters. The second kappa shape index (κ2) is 6.30. The molecule has 0 aliphatic rings. The van der Waals surface area contributed by atoms with Crippen LogP contribution >= 0.6 is 0 Å². The normalized spacial score (nSPS) is 10.3. The molecule has 0 radical (unpaired) electrons. The van der Waals surface area contributed by atoms with E-state index < -0.39 is 11.9 Å². The second-order valence-corrected chi connectivity index (χ2v) is 5.22. The summed E-state index contributed by atoms with van der Waals surface area (Å²) in [5.74, 6) is -1.93. The maximum Gasteiger partial charge on any atom is 0.335 e. The van der Waals surface area contributed by atoms with Crippen LogP contribution in [-0.2, 0) is 6.42 Å². The van der Waals surface area contributed by atoms with Crippen molar-refractivity contribution in [1.82, 2.24) is 0 Å². The number of carbonyl (C=O) groups is 2. The fourth-order valence-corrected chi connectivity index (χ4v) is 2.28. The van der Waals surface area contributed by atoms with E-state index in [0.29, 0.717) is 6.42 Å². The molecule has 114 valence electrons. The summed E-state index contributed by atoms with van der Waals surface area (Å²) in [6.45, 7) is 0. The van der Waals surface area contributed by atoms with Crippen LogP contribution in [0.3, 0.4) is 0 Å². The molecule has 0 spiro atoms. The quantitative estimate of drug-likeness (QED) is 0.887. The SMILES string of the molecule is CN(C)c1ccc(C(=O)O)cc1Cc1ccc(C(=O)O)cc1. The van der Waals surface area contributed by atoms with Gasteiger partial charge in [0.2, 0.25) is 0 Å². The van der Waals surface area contributed by atoms with Crippen molar-refractivity contribution in [2.24, 2.45) is 0 Å². The Labute approximate surface area is 128 Å². The van der Waals surface area contributed by atoms with Gasteiger partial charge in [-0.2, -0.15) is 0 Å². The van der Waals surface area contributed by atoms with Crippen LogP contribution in [0.5, 0.6) is 0 Å². The van der Waals surface area contributed by atoms with Crippen molar-refractivity contribution in [3.8, 4) is 0 Å². The van der Waals surface area contributed by atoms with Crippen LogP contribution in [0.1, 0.15) is 31.8 Å². The summed E-state index contributed by atoms with van der Waals surface area (Å²) in [4.78, 5) is 23.9. The van der Waals surface area contributed by atoms with Gasteiger partial charge in [-0.15, -0.1) is 0 Å². The lowest BCUT2D eigenvalue weighted by Crippen LogP contribution is -2.12. The van der Waals surface area contributed by atoms with E-state index in [2.05, 4.69) is 0 Å². The van der Waals surface area contributed by atoms with Gasteiger partial charge in [0.15, 0.2) is 0 Å². The maximum absolute atomic E-state index is 11.1. The molecule has 0 bridgehead atoms. The largest absolute Gasteiger partial charge is 0.478 e. The molecule has 0 aliphatic carbocycles. The van der Waals surface area contributed by atoms with Gasteiger partial charge in [-0.3, -0.25) is 0 Å². The van der Waals surface area contributed by atoms with Gasteiger partial charge in [0, 0.05) is 19.8 Å². The van der Waals surface area contributed by atoms with Crippen LogP contribution in [-0.4, -0.2) is 36.2 Å². The topological polar surface area (TPSA) is 77.8 Å². The Morgan fingerprint density at radius 2 is 1.45 bits per heavy atom. The monoisotopic (exact) mass is 299 g/mol. The second-order valence-electron chi connectivity index (χ2n) is 5.22. The molecule has 22 heavy (non-hydrogen) atoms. The molecule has 0 aromatic heterocycles. The highest BCUT2D eigenvalue weighted by Crippen LogP contribution is 2.23. The average molecular weight is 299 g/mol. The third-order valence-corrected chi connectivity index (χ3v) is 3.40. The van der Waals surface area contributed by atoms with Crippen molar-refractivity contribution in [3.05, 3.63) is 64.7 Å². The van der Waals surface area contributed by atoms with Crippen LogP contribution in [0, 0.1) is 0 Å². The highest BCUT2D eigenvalue weighted by molar-refractivity contribution is 5.89. The zero-order valence-corrected chi connectivity index (χ0v) is 12.4. The summed E-state index contributed by atoms with van der Waals surface area (Å²) < 4.78 is 0. The Hall–Kier alpha value is -2.82. The number of nitrogens with zero attached hydrogens (tertiary/aromatic N) is 1.